The number of H-pyrrole nitrogens is 2. The molecule has 0 saturated heterocycles. The highest BCUT2D eigenvalue weighted by Gasteiger charge is 2.22. The normalized spacial score (nSPS) is 11.4. The zero-order valence-electron chi connectivity index (χ0n) is 17.0. The first-order valence-electron chi connectivity index (χ1n) is 10.4. The number of benzene rings is 4. The van der Waals surface area contributed by atoms with Crippen LogP contribution in [0.2, 0.25) is 10.0 Å². The van der Waals surface area contributed by atoms with E-state index in [1.807, 2.05) is 24.3 Å². The summed E-state index contributed by atoms with van der Waals surface area (Å²) in [5.74, 6) is 0. The van der Waals surface area contributed by atoms with Crippen LogP contribution in [-0.4, -0.2) is 9.97 Å². The van der Waals surface area contributed by atoms with Gasteiger partial charge < -0.3 is 9.97 Å². The third kappa shape index (κ3) is 3.12. The number of aromatic amines is 2. The smallest absolute Gasteiger partial charge is 0.0545 e. The molecular weight excluding hydrogens is 435 g/mol. The summed E-state index contributed by atoms with van der Waals surface area (Å²) < 4.78 is 0. The number of halogens is 2. The van der Waals surface area contributed by atoms with E-state index in [0.29, 0.717) is 0 Å². The Morgan fingerprint density at radius 3 is 1.22 bits per heavy atom. The lowest BCUT2D eigenvalue weighted by Gasteiger charge is -2.09. The Hall–Kier alpha value is -3.46. The summed E-state index contributed by atoms with van der Waals surface area (Å²) >= 11 is 12.4. The summed E-state index contributed by atoms with van der Waals surface area (Å²) in [6, 6.07) is 32.9. The van der Waals surface area contributed by atoms with Gasteiger partial charge in [-0.25, -0.2) is 0 Å². The first-order valence-corrected chi connectivity index (χ1v) is 11.2. The van der Waals surface area contributed by atoms with Crippen LogP contribution in [0.5, 0.6) is 0 Å². The number of hydrogen-bond acceptors (Lipinski definition) is 0. The van der Waals surface area contributed by atoms with Gasteiger partial charge in [0.2, 0.25) is 0 Å². The maximum absolute atomic E-state index is 6.19. The van der Waals surface area contributed by atoms with E-state index in [0.717, 1.165) is 43.6 Å². The Labute approximate surface area is 195 Å². The molecule has 0 saturated carbocycles. The number of aromatic nitrogens is 2. The minimum absolute atomic E-state index is 0.723. The molecule has 0 fully saturated rings. The monoisotopic (exact) mass is 452 g/mol. The number of para-hydroxylation sites is 2. The highest BCUT2D eigenvalue weighted by atomic mass is 35.5. The molecule has 0 radical (unpaired) electrons. The van der Waals surface area contributed by atoms with Crippen LogP contribution in [0.4, 0.5) is 0 Å². The van der Waals surface area contributed by atoms with Crippen LogP contribution in [0, 0.1) is 0 Å². The Morgan fingerprint density at radius 1 is 0.438 bits per heavy atom. The van der Waals surface area contributed by atoms with E-state index in [4.69, 9.17) is 23.2 Å². The largest absolute Gasteiger partial charge is 0.354 e. The highest BCUT2D eigenvalue weighted by molar-refractivity contribution is 6.31. The van der Waals surface area contributed by atoms with Gasteiger partial charge in [0, 0.05) is 43.0 Å². The molecule has 0 unspecified atom stereocenters. The molecule has 0 aliphatic rings. The van der Waals surface area contributed by atoms with Gasteiger partial charge >= 0.3 is 0 Å². The molecule has 2 heterocycles. The van der Waals surface area contributed by atoms with Crippen molar-refractivity contribution in [1.29, 1.82) is 0 Å². The molecule has 2 N–H and O–H groups in total. The van der Waals surface area contributed by atoms with Crippen molar-refractivity contribution in [2.75, 3.05) is 0 Å². The van der Waals surface area contributed by atoms with Crippen molar-refractivity contribution >= 4 is 45.0 Å². The van der Waals surface area contributed by atoms with Crippen molar-refractivity contribution in [3.05, 3.63) is 107 Å². The fourth-order valence-corrected chi connectivity index (χ4v) is 4.72. The molecule has 2 nitrogen and oxygen atoms in total. The quantitative estimate of drug-likeness (QED) is 0.268. The fraction of sp³-hybridized carbons (Fsp3) is 0. The first kappa shape index (κ1) is 19.2. The van der Waals surface area contributed by atoms with E-state index in [9.17, 15) is 0 Å². The van der Waals surface area contributed by atoms with E-state index >= 15 is 0 Å². The van der Waals surface area contributed by atoms with Crippen LogP contribution in [-0.2, 0) is 0 Å². The van der Waals surface area contributed by atoms with E-state index < -0.39 is 0 Å². The van der Waals surface area contributed by atoms with Gasteiger partial charge in [-0.15, -0.1) is 0 Å². The van der Waals surface area contributed by atoms with Gasteiger partial charge in [-0.3, -0.25) is 0 Å². The van der Waals surface area contributed by atoms with E-state index in [2.05, 4.69) is 82.8 Å². The third-order valence-corrected chi connectivity index (χ3v) is 6.43. The molecule has 0 amide bonds. The van der Waals surface area contributed by atoms with E-state index in [1.54, 1.807) is 0 Å². The summed E-state index contributed by atoms with van der Waals surface area (Å²) in [4.78, 5) is 7.33. The van der Waals surface area contributed by atoms with Gasteiger partial charge in [-0.1, -0.05) is 83.9 Å². The number of rotatable bonds is 3. The van der Waals surface area contributed by atoms with Crippen LogP contribution in [0.1, 0.15) is 0 Å². The standard InChI is InChI=1S/C28H18Cl2N2/c29-19-13-9-17(10-14-19)27-25(21-5-1-3-7-23(21)31-27)26-22-6-2-4-8-24(22)32-28(26)18-11-15-20(30)16-12-18/h1-16,31-32H. The summed E-state index contributed by atoms with van der Waals surface area (Å²) in [5.41, 5.74) is 8.86. The van der Waals surface area contributed by atoms with Gasteiger partial charge in [0.05, 0.1) is 11.4 Å². The molecule has 6 aromatic rings. The van der Waals surface area contributed by atoms with Gasteiger partial charge in [-0.05, 0) is 47.5 Å². The summed E-state index contributed by atoms with van der Waals surface area (Å²) in [6.07, 6.45) is 0. The van der Waals surface area contributed by atoms with Crippen molar-refractivity contribution in [2.45, 2.75) is 0 Å². The predicted molar refractivity (Wildman–Crippen MR) is 136 cm³/mol. The second-order valence-electron chi connectivity index (χ2n) is 7.85. The lowest BCUT2D eigenvalue weighted by atomic mass is 9.94. The van der Waals surface area contributed by atoms with Gasteiger partial charge in [0.1, 0.15) is 0 Å². The predicted octanol–water partition coefficient (Wildman–Crippen LogP) is 8.96. The molecule has 154 valence electrons. The van der Waals surface area contributed by atoms with Crippen LogP contribution in [0.15, 0.2) is 97.1 Å². The second kappa shape index (κ2) is 7.59. The Bertz CT molecular complexity index is 1450. The molecule has 6 rings (SSSR count). The Morgan fingerprint density at radius 2 is 0.812 bits per heavy atom. The van der Waals surface area contributed by atoms with Gasteiger partial charge in [0.25, 0.3) is 0 Å². The van der Waals surface area contributed by atoms with Crippen LogP contribution in [0.25, 0.3) is 55.4 Å². The molecule has 0 bridgehead atoms. The second-order valence-corrected chi connectivity index (χ2v) is 8.73. The molecule has 2 aromatic heterocycles. The lowest BCUT2D eigenvalue weighted by molar-refractivity contribution is 1.44. The minimum Gasteiger partial charge on any atom is -0.354 e. The summed E-state index contributed by atoms with van der Waals surface area (Å²) in [6.45, 7) is 0. The number of hydrogen-bond donors (Lipinski definition) is 2. The van der Waals surface area contributed by atoms with Crippen molar-refractivity contribution in [3.63, 3.8) is 0 Å². The summed E-state index contributed by atoms with van der Waals surface area (Å²) in [7, 11) is 0. The van der Waals surface area contributed by atoms with Crippen molar-refractivity contribution in [2.24, 2.45) is 0 Å². The van der Waals surface area contributed by atoms with E-state index in [-0.39, 0.29) is 0 Å². The zero-order valence-corrected chi connectivity index (χ0v) is 18.5. The van der Waals surface area contributed by atoms with Gasteiger partial charge in [-0.2, -0.15) is 0 Å². The average Bonchev–Trinajstić information content (AvgIpc) is 3.38. The minimum atomic E-state index is 0.723. The average molecular weight is 453 g/mol. The van der Waals surface area contributed by atoms with Crippen molar-refractivity contribution in [3.8, 4) is 33.6 Å². The Balaban J connectivity index is 1.74. The van der Waals surface area contributed by atoms with Crippen LogP contribution >= 0.6 is 23.2 Å². The maximum Gasteiger partial charge on any atom is 0.0545 e. The molecule has 0 spiro atoms. The lowest BCUT2D eigenvalue weighted by Crippen LogP contribution is -1.86. The van der Waals surface area contributed by atoms with Crippen molar-refractivity contribution in [1.82, 2.24) is 9.97 Å². The van der Waals surface area contributed by atoms with Crippen molar-refractivity contribution < 1.29 is 0 Å². The molecule has 0 atom stereocenters. The third-order valence-electron chi connectivity index (χ3n) is 5.93. The molecule has 32 heavy (non-hydrogen) atoms. The van der Waals surface area contributed by atoms with Crippen LogP contribution in [0.3, 0.4) is 0 Å². The highest BCUT2D eigenvalue weighted by Crippen LogP contribution is 2.46. The topological polar surface area (TPSA) is 31.6 Å². The number of nitrogens with one attached hydrogen (secondary N) is 2. The molecule has 4 aromatic carbocycles. The molecule has 0 aliphatic heterocycles. The molecular formula is C28H18Cl2N2. The zero-order chi connectivity index (χ0) is 21.7. The number of fused-ring (bicyclic) bond motifs is 2. The summed E-state index contributed by atoms with van der Waals surface area (Å²) in [5, 5.41) is 3.80. The van der Waals surface area contributed by atoms with E-state index in [1.165, 1.54) is 21.9 Å². The Kier molecular flexibility index (Phi) is 4.57. The SMILES string of the molecule is Clc1ccc(-c2[nH]c3ccccc3c2-c2c(-c3ccc(Cl)cc3)[nH]c3ccccc23)cc1. The van der Waals surface area contributed by atoms with Gasteiger partial charge in [0.15, 0.2) is 0 Å². The fourth-order valence-electron chi connectivity index (χ4n) is 4.47. The first-order chi connectivity index (χ1) is 15.7. The molecule has 4 heteroatoms. The molecule has 0 aliphatic carbocycles. The maximum atomic E-state index is 6.19. The van der Waals surface area contributed by atoms with Crippen LogP contribution < -0.4 is 0 Å².